The topological polar surface area (TPSA) is 59.3 Å². The van der Waals surface area contributed by atoms with E-state index in [0.29, 0.717) is 5.16 Å². The van der Waals surface area contributed by atoms with E-state index >= 15 is 0 Å². The van der Waals surface area contributed by atoms with Gasteiger partial charge in [0, 0.05) is 16.0 Å². The maximum absolute atomic E-state index is 12.8. The average molecular weight is 407 g/mol. The normalized spacial score (nSPS) is 12.0. The number of aromatic nitrogens is 3. The van der Waals surface area contributed by atoms with Crippen LogP contribution < -0.4 is 5.32 Å². The monoisotopic (exact) mass is 406 g/mol. The number of amides is 1. The van der Waals surface area contributed by atoms with Gasteiger partial charge in [-0.05, 0) is 43.3 Å². The van der Waals surface area contributed by atoms with E-state index in [1.54, 1.807) is 11.8 Å². The number of hydrogen-bond acceptors (Lipinski definition) is 5. The third-order valence-corrected chi connectivity index (χ3v) is 6.19. The van der Waals surface area contributed by atoms with Crippen molar-refractivity contribution in [3.8, 4) is 0 Å². The largest absolute Gasteiger partial charge is 0.324 e. The van der Waals surface area contributed by atoms with Gasteiger partial charge < -0.3 is 5.32 Å². The van der Waals surface area contributed by atoms with Crippen molar-refractivity contribution in [3.05, 3.63) is 79.0 Å². The van der Waals surface area contributed by atoms with Gasteiger partial charge in [0.15, 0.2) is 10.8 Å². The first-order valence-corrected chi connectivity index (χ1v) is 10.5. The summed E-state index contributed by atoms with van der Waals surface area (Å²) in [6.45, 7) is 1.87. The maximum Gasteiger partial charge on any atom is 0.237 e. The lowest BCUT2D eigenvalue weighted by Crippen LogP contribution is -2.23. The molecule has 0 radical (unpaired) electrons. The van der Waals surface area contributed by atoms with Crippen molar-refractivity contribution in [3.63, 3.8) is 0 Å². The Balaban J connectivity index is 1.47. The highest BCUT2D eigenvalue weighted by Crippen LogP contribution is 2.33. The summed E-state index contributed by atoms with van der Waals surface area (Å²) in [5.41, 5.74) is 1.57. The van der Waals surface area contributed by atoms with Crippen LogP contribution >= 0.6 is 23.5 Å². The molecule has 0 aliphatic rings. The summed E-state index contributed by atoms with van der Waals surface area (Å²) in [6, 6.07) is 23.7. The fraction of sp³-hybridized carbons (Fsp3) is 0.0952. The van der Waals surface area contributed by atoms with Crippen molar-refractivity contribution in [1.29, 1.82) is 0 Å². The molecule has 0 spiro atoms. The molecule has 2 aromatic carbocycles. The lowest BCUT2D eigenvalue weighted by Gasteiger charge is -2.14. The fourth-order valence-corrected chi connectivity index (χ4v) is 4.38. The second-order valence-corrected chi connectivity index (χ2v) is 8.50. The van der Waals surface area contributed by atoms with Gasteiger partial charge in [0.05, 0.1) is 10.9 Å². The molecule has 1 amide bonds. The number of thioether (sulfide) groups is 1. The first-order valence-electron chi connectivity index (χ1n) is 8.80. The van der Waals surface area contributed by atoms with Crippen molar-refractivity contribution >= 4 is 40.8 Å². The molecule has 0 bridgehead atoms. The number of para-hydroxylation sites is 1. The van der Waals surface area contributed by atoms with E-state index in [2.05, 4.69) is 27.6 Å². The van der Waals surface area contributed by atoms with E-state index in [0.717, 1.165) is 21.1 Å². The van der Waals surface area contributed by atoms with Crippen molar-refractivity contribution in [2.75, 3.05) is 5.32 Å². The average Bonchev–Trinajstić information content (AvgIpc) is 3.13. The first kappa shape index (κ1) is 18.6. The highest BCUT2D eigenvalue weighted by atomic mass is 32.2. The highest BCUT2D eigenvalue weighted by Gasteiger charge is 2.19. The van der Waals surface area contributed by atoms with Gasteiger partial charge in [-0.25, -0.2) is 0 Å². The molecule has 0 aliphatic heterocycles. The lowest BCUT2D eigenvalue weighted by molar-refractivity contribution is -0.115. The predicted octanol–water partition coefficient (Wildman–Crippen LogP) is 5.00. The van der Waals surface area contributed by atoms with Gasteiger partial charge in [-0.2, -0.15) is 0 Å². The van der Waals surface area contributed by atoms with Crippen molar-refractivity contribution < 1.29 is 4.79 Å². The van der Waals surface area contributed by atoms with Gasteiger partial charge in [0.25, 0.3) is 0 Å². The number of carbonyl (C=O) groups is 1. The van der Waals surface area contributed by atoms with Gasteiger partial charge >= 0.3 is 0 Å². The molecule has 1 atom stereocenters. The molecule has 7 heteroatoms. The van der Waals surface area contributed by atoms with Crippen LogP contribution in [0.2, 0.25) is 0 Å². The summed E-state index contributed by atoms with van der Waals surface area (Å²) in [5, 5.41) is 11.8. The molecule has 1 unspecified atom stereocenters. The molecular weight excluding hydrogens is 388 g/mol. The molecule has 140 valence electrons. The van der Waals surface area contributed by atoms with Crippen LogP contribution in [0.25, 0.3) is 5.65 Å². The second kappa shape index (κ2) is 8.50. The number of rotatable bonds is 6. The second-order valence-electron chi connectivity index (χ2n) is 6.07. The first-order chi connectivity index (χ1) is 13.7. The van der Waals surface area contributed by atoms with Crippen LogP contribution in [0.1, 0.15) is 6.92 Å². The molecule has 2 heterocycles. The molecule has 5 nitrogen and oxygen atoms in total. The smallest absolute Gasteiger partial charge is 0.237 e. The van der Waals surface area contributed by atoms with Crippen LogP contribution in [-0.4, -0.2) is 25.8 Å². The van der Waals surface area contributed by atoms with Crippen molar-refractivity contribution in [2.24, 2.45) is 0 Å². The lowest BCUT2D eigenvalue weighted by atomic mass is 10.3. The summed E-state index contributed by atoms with van der Waals surface area (Å²) in [4.78, 5) is 14.9. The number of hydrogen-bond donors (Lipinski definition) is 1. The number of fused-ring (bicyclic) bond motifs is 1. The van der Waals surface area contributed by atoms with Crippen LogP contribution in [0.5, 0.6) is 0 Å². The minimum atomic E-state index is -0.317. The van der Waals surface area contributed by atoms with E-state index in [9.17, 15) is 4.79 Å². The molecule has 2 aromatic heterocycles. The fourth-order valence-electron chi connectivity index (χ4n) is 2.62. The summed E-state index contributed by atoms with van der Waals surface area (Å²) >= 11 is 3.01. The van der Waals surface area contributed by atoms with E-state index in [1.807, 2.05) is 78.2 Å². The van der Waals surface area contributed by atoms with Gasteiger partial charge in [-0.1, -0.05) is 59.9 Å². The molecule has 28 heavy (non-hydrogen) atoms. The Kier molecular flexibility index (Phi) is 5.64. The third kappa shape index (κ3) is 4.21. The van der Waals surface area contributed by atoms with Crippen LogP contribution in [0.15, 0.2) is 93.9 Å². The molecule has 0 saturated carbocycles. The number of carbonyl (C=O) groups excluding carboxylic acids is 1. The predicted molar refractivity (Wildman–Crippen MR) is 114 cm³/mol. The van der Waals surface area contributed by atoms with Gasteiger partial charge in [-0.15, -0.1) is 10.2 Å². The Labute approximate surface area is 171 Å². The number of pyridine rings is 1. The Bertz CT molecular complexity index is 1100. The van der Waals surface area contributed by atoms with Crippen LogP contribution in [0.4, 0.5) is 5.69 Å². The van der Waals surface area contributed by atoms with Crippen LogP contribution in [0.3, 0.4) is 0 Å². The molecular formula is C21H18N4OS2. The maximum atomic E-state index is 12.8. The number of benzene rings is 2. The zero-order valence-electron chi connectivity index (χ0n) is 15.1. The summed E-state index contributed by atoms with van der Waals surface area (Å²) in [6.07, 6.45) is 1.90. The summed E-state index contributed by atoms with van der Waals surface area (Å²) in [5.74, 6) is -0.0706. The quantitative estimate of drug-likeness (QED) is 0.457. The summed E-state index contributed by atoms with van der Waals surface area (Å²) in [7, 11) is 0. The molecule has 4 rings (SSSR count). The SMILES string of the molecule is CC(Sc1nnc2ccccn12)C(=O)Nc1ccccc1Sc1ccccc1. The van der Waals surface area contributed by atoms with E-state index in [1.165, 1.54) is 11.8 Å². The molecule has 4 aromatic rings. The molecule has 0 saturated heterocycles. The van der Waals surface area contributed by atoms with Crippen molar-refractivity contribution in [2.45, 2.75) is 27.1 Å². The van der Waals surface area contributed by atoms with E-state index < -0.39 is 0 Å². The molecule has 1 N–H and O–H groups in total. The van der Waals surface area contributed by atoms with Crippen LogP contribution in [-0.2, 0) is 4.79 Å². The minimum Gasteiger partial charge on any atom is -0.324 e. The Morgan fingerprint density at radius 1 is 0.964 bits per heavy atom. The van der Waals surface area contributed by atoms with Gasteiger partial charge in [0.2, 0.25) is 5.91 Å². The third-order valence-electron chi connectivity index (χ3n) is 4.05. The minimum absolute atomic E-state index is 0.0706. The van der Waals surface area contributed by atoms with E-state index in [4.69, 9.17) is 0 Å². The number of anilines is 1. The standard InChI is InChI=1S/C21H18N4OS2/c1-15(27-21-24-23-19-13-7-8-14-25(19)21)20(26)22-17-11-5-6-12-18(17)28-16-9-3-2-4-10-16/h2-15H,1H3,(H,22,26). The highest BCUT2D eigenvalue weighted by molar-refractivity contribution is 8.00. The molecule has 0 fully saturated rings. The Hall–Kier alpha value is -2.77. The number of nitrogens with zero attached hydrogens (tertiary/aromatic N) is 3. The van der Waals surface area contributed by atoms with Gasteiger partial charge in [0.1, 0.15) is 0 Å². The van der Waals surface area contributed by atoms with Crippen molar-refractivity contribution in [1.82, 2.24) is 14.6 Å². The summed E-state index contributed by atoms with van der Waals surface area (Å²) < 4.78 is 1.88. The Morgan fingerprint density at radius 3 is 2.57 bits per heavy atom. The molecule has 0 aliphatic carbocycles. The Morgan fingerprint density at radius 2 is 1.71 bits per heavy atom. The zero-order valence-corrected chi connectivity index (χ0v) is 16.8. The van der Waals surface area contributed by atoms with Crippen LogP contribution in [0, 0.1) is 0 Å². The number of nitrogens with one attached hydrogen (secondary N) is 1. The van der Waals surface area contributed by atoms with Gasteiger partial charge in [-0.3, -0.25) is 9.20 Å². The van der Waals surface area contributed by atoms with E-state index in [-0.39, 0.29) is 11.2 Å². The zero-order chi connectivity index (χ0) is 19.3.